The van der Waals surface area contributed by atoms with Gasteiger partial charge in [-0.25, -0.2) is 4.98 Å². The number of rotatable bonds is 0. The van der Waals surface area contributed by atoms with Gasteiger partial charge in [0.2, 0.25) is 0 Å². The van der Waals surface area contributed by atoms with E-state index in [4.69, 9.17) is 11.6 Å². The van der Waals surface area contributed by atoms with Crippen molar-refractivity contribution in [3.8, 4) is 0 Å². The molecule has 1 aromatic heterocycles. The maximum absolute atomic E-state index is 5.67. The highest BCUT2D eigenvalue weighted by molar-refractivity contribution is 14.1. The molecule has 0 amide bonds. The number of aromatic nitrogens is 1. The van der Waals surface area contributed by atoms with Crippen molar-refractivity contribution in [2.75, 3.05) is 0 Å². The molecule has 4 heteroatoms. The van der Waals surface area contributed by atoms with Crippen molar-refractivity contribution < 1.29 is 0 Å². The highest BCUT2D eigenvalue weighted by atomic mass is 127. The fourth-order valence-electron chi connectivity index (χ4n) is 0.395. The summed E-state index contributed by atoms with van der Waals surface area (Å²) in [7, 11) is 0. The van der Waals surface area contributed by atoms with Crippen molar-refractivity contribution in [2.24, 2.45) is 0 Å². The van der Waals surface area contributed by atoms with Gasteiger partial charge in [-0.2, -0.15) is 0 Å². The molecule has 0 saturated heterocycles. The van der Waals surface area contributed by atoms with Gasteiger partial charge >= 0.3 is 0 Å². The second-order valence-electron chi connectivity index (χ2n) is 1.41. The third kappa shape index (κ3) is 2.05. The number of pyridine rings is 1. The average molecular weight is 318 g/mol. The summed E-state index contributed by atoms with van der Waals surface area (Å²) in [6.07, 6.45) is 0. The van der Waals surface area contributed by atoms with Gasteiger partial charge in [0.15, 0.2) is 0 Å². The van der Waals surface area contributed by atoms with Gasteiger partial charge in [0, 0.05) is 0 Å². The molecule has 0 aliphatic heterocycles. The van der Waals surface area contributed by atoms with Crippen LogP contribution in [-0.4, -0.2) is 4.98 Å². The molecular formula is C5H2BrClIN. The van der Waals surface area contributed by atoms with Gasteiger partial charge in [-0.05, 0) is 50.7 Å². The second-order valence-corrected chi connectivity index (χ2v) is 3.67. The average Bonchev–Trinajstić information content (AvgIpc) is 1.80. The van der Waals surface area contributed by atoms with Crippen molar-refractivity contribution in [3.63, 3.8) is 0 Å². The van der Waals surface area contributed by atoms with Crippen LogP contribution >= 0.6 is 50.1 Å². The summed E-state index contributed by atoms with van der Waals surface area (Å²) in [5, 5.41) is 0.649. The molecule has 0 bridgehead atoms. The van der Waals surface area contributed by atoms with Crippen molar-refractivity contribution >= 4 is 50.1 Å². The molecule has 1 nitrogen and oxygen atoms in total. The monoisotopic (exact) mass is 317 g/mol. The standard InChI is InChI=1S/C5H2BrClIN/c6-5-3(7)1-2-4(8)9-5/h1-2H. The smallest absolute Gasteiger partial charge is 0.125 e. The van der Waals surface area contributed by atoms with E-state index in [1.807, 2.05) is 6.07 Å². The van der Waals surface area contributed by atoms with Crippen LogP contribution in [-0.2, 0) is 0 Å². The van der Waals surface area contributed by atoms with E-state index >= 15 is 0 Å². The molecule has 0 spiro atoms. The van der Waals surface area contributed by atoms with Crippen molar-refractivity contribution in [1.29, 1.82) is 0 Å². The van der Waals surface area contributed by atoms with E-state index in [-0.39, 0.29) is 0 Å². The van der Waals surface area contributed by atoms with Gasteiger partial charge in [0.25, 0.3) is 0 Å². The Morgan fingerprint density at radius 1 is 1.56 bits per heavy atom. The number of nitrogens with zero attached hydrogens (tertiary/aromatic N) is 1. The van der Waals surface area contributed by atoms with E-state index in [2.05, 4.69) is 43.5 Å². The van der Waals surface area contributed by atoms with E-state index in [9.17, 15) is 0 Å². The van der Waals surface area contributed by atoms with Crippen LogP contribution in [0.5, 0.6) is 0 Å². The zero-order valence-corrected chi connectivity index (χ0v) is 8.74. The Morgan fingerprint density at radius 2 is 2.22 bits per heavy atom. The van der Waals surface area contributed by atoms with Gasteiger partial charge in [-0.3, -0.25) is 0 Å². The van der Waals surface area contributed by atoms with Crippen LogP contribution in [0.25, 0.3) is 0 Å². The number of halogens is 3. The van der Waals surface area contributed by atoms with Gasteiger partial charge < -0.3 is 0 Å². The van der Waals surface area contributed by atoms with Crippen LogP contribution in [0.2, 0.25) is 5.02 Å². The van der Waals surface area contributed by atoms with Crippen LogP contribution in [0.4, 0.5) is 0 Å². The third-order valence-corrected chi connectivity index (χ3v) is 2.51. The lowest BCUT2D eigenvalue weighted by Gasteiger charge is -1.92. The summed E-state index contributed by atoms with van der Waals surface area (Å²) < 4.78 is 1.64. The normalized spacial score (nSPS) is 9.67. The number of hydrogen-bond acceptors (Lipinski definition) is 1. The molecule has 1 aromatic rings. The predicted octanol–water partition coefficient (Wildman–Crippen LogP) is 3.10. The van der Waals surface area contributed by atoms with Gasteiger partial charge in [-0.1, -0.05) is 11.6 Å². The predicted molar refractivity (Wildman–Crippen MR) is 49.7 cm³/mol. The Hall–Kier alpha value is 0.650. The largest absolute Gasteiger partial charge is 0.233 e. The first-order valence-corrected chi connectivity index (χ1v) is 4.42. The fourth-order valence-corrected chi connectivity index (χ4v) is 1.58. The van der Waals surface area contributed by atoms with E-state index in [0.29, 0.717) is 9.63 Å². The zero-order valence-electron chi connectivity index (χ0n) is 4.24. The minimum Gasteiger partial charge on any atom is -0.233 e. The first kappa shape index (κ1) is 7.75. The topological polar surface area (TPSA) is 12.9 Å². The molecule has 9 heavy (non-hydrogen) atoms. The molecule has 0 fully saturated rings. The van der Waals surface area contributed by atoms with Gasteiger partial charge in [0.05, 0.1) is 5.02 Å². The van der Waals surface area contributed by atoms with Gasteiger partial charge in [-0.15, -0.1) is 0 Å². The molecule has 0 radical (unpaired) electrons. The minimum atomic E-state index is 0.649. The Labute approximate surface area is 80.1 Å². The lowest BCUT2D eigenvalue weighted by atomic mass is 10.5. The quantitative estimate of drug-likeness (QED) is 0.529. The first-order valence-electron chi connectivity index (χ1n) is 2.17. The van der Waals surface area contributed by atoms with E-state index in [1.54, 1.807) is 6.07 Å². The SMILES string of the molecule is Clc1ccc(I)nc1Br. The lowest BCUT2D eigenvalue weighted by molar-refractivity contribution is 1.23. The summed E-state index contributed by atoms with van der Waals surface area (Å²) in [6, 6.07) is 3.66. The van der Waals surface area contributed by atoms with Crippen molar-refractivity contribution in [2.45, 2.75) is 0 Å². The van der Waals surface area contributed by atoms with Crippen LogP contribution in [0.15, 0.2) is 16.7 Å². The molecule has 0 aliphatic rings. The van der Waals surface area contributed by atoms with E-state index in [1.165, 1.54) is 0 Å². The molecule has 0 aromatic carbocycles. The molecule has 0 atom stereocenters. The summed E-state index contributed by atoms with van der Waals surface area (Å²) in [4.78, 5) is 4.04. The molecule has 0 N–H and O–H groups in total. The Bertz CT molecular complexity index is 228. The summed E-state index contributed by atoms with van der Waals surface area (Å²) >= 11 is 11.0. The van der Waals surface area contributed by atoms with E-state index < -0.39 is 0 Å². The zero-order chi connectivity index (χ0) is 6.85. The van der Waals surface area contributed by atoms with Crippen LogP contribution in [0.3, 0.4) is 0 Å². The molecular weight excluding hydrogens is 316 g/mol. The van der Waals surface area contributed by atoms with Gasteiger partial charge in [0.1, 0.15) is 8.30 Å². The third-order valence-electron chi connectivity index (χ3n) is 0.769. The molecule has 1 rings (SSSR count). The first-order chi connectivity index (χ1) is 4.20. The second kappa shape index (κ2) is 3.16. The summed E-state index contributed by atoms with van der Waals surface area (Å²) in [5.41, 5.74) is 0. The Kier molecular flexibility index (Phi) is 2.73. The summed E-state index contributed by atoms with van der Waals surface area (Å²) in [6.45, 7) is 0. The minimum absolute atomic E-state index is 0.649. The molecule has 0 unspecified atom stereocenters. The molecule has 0 aliphatic carbocycles. The summed E-state index contributed by atoms with van der Waals surface area (Å²) in [5.74, 6) is 0. The molecule has 1 heterocycles. The van der Waals surface area contributed by atoms with Crippen LogP contribution in [0.1, 0.15) is 0 Å². The van der Waals surface area contributed by atoms with Crippen molar-refractivity contribution in [3.05, 3.63) is 25.5 Å². The molecule has 48 valence electrons. The van der Waals surface area contributed by atoms with Crippen LogP contribution in [0, 0.1) is 3.70 Å². The maximum atomic E-state index is 5.67. The number of hydrogen-bond donors (Lipinski definition) is 0. The Balaban J connectivity index is 3.17. The lowest BCUT2D eigenvalue weighted by Crippen LogP contribution is -1.79. The fraction of sp³-hybridized carbons (Fsp3) is 0. The Morgan fingerprint density at radius 3 is 2.67 bits per heavy atom. The maximum Gasteiger partial charge on any atom is 0.125 e. The van der Waals surface area contributed by atoms with Crippen molar-refractivity contribution in [1.82, 2.24) is 4.98 Å². The molecule has 0 saturated carbocycles. The van der Waals surface area contributed by atoms with Crippen LogP contribution < -0.4 is 0 Å². The highest BCUT2D eigenvalue weighted by Gasteiger charge is 1.95. The van der Waals surface area contributed by atoms with E-state index in [0.717, 1.165) is 3.70 Å². The highest BCUT2D eigenvalue weighted by Crippen LogP contribution is 2.19.